The lowest BCUT2D eigenvalue weighted by molar-refractivity contribution is -0.146. The number of hydrogen-bond acceptors (Lipinski definition) is 3. The van der Waals surface area contributed by atoms with Gasteiger partial charge in [0.1, 0.15) is 0 Å². The Balaban J connectivity index is 2.98. The molecule has 0 heterocycles. The molecule has 84 valence electrons. The monoisotopic (exact) mass is 219 g/mol. The molecule has 1 rings (SSSR count). The first-order chi connectivity index (χ1) is 7.56. The zero-order valence-corrected chi connectivity index (χ0v) is 8.97. The van der Waals surface area contributed by atoms with Crippen LogP contribution in [0.2, 0.25) is 0 Å². The fourth-order valence-corrected chi connectivity index (χ4v) is 1.46. The van der Waals surface area contributed by atoms with E-state index in [2.05, 4.69) is 0 Å². The van der Waals surface area contributed by atoms with Crippen LogP contribution in [0.3, 0.4) is 0 Å². The number of carboxylic acid groups (broad SMARTS) is 1. The second-order valence-corrected chi connectivity index (χ2v) is 3.58. The number of hydrogen-bond donors (Lipinski definition) is 2. The molecule has 1 unspecified atom stereocenters. The molecule has 16 heavy (non-hydrogen) atoms. The molecule has 0 spiro atoms. The van der Waals surface area contributed by atoms with Gasteiger partial charge in [-0.05, 0) is 30.0 Å². The smallest absolute Gasteiger partial charge is 0.337 e. The number of aryl methyl sites for hydroxylation is 2. The highest BCUT2D eigenvalue weighted by Gasteiger charge is 2.16. The summed E-state index contributed by atoms with van der Waals surface area (Å²) in [5.41, 5.74) is 2.25. The van der Waals surface area contributed by atoms with Gasteiger partial charge in [0, 0.05) is 6.42 Å². The highest BCUT2D eigenvalue weighted by Crippen LogP contribution is 2.18. The zero-order chi connectivity index (χ0) is 12.1. The summed E-state index contributed by atoms with van der Waals surface area (Å²) in [5, 5.41) is 26.5. The molecule has 0 amide bonds. The molecule has 4 nitrogen and oxygen atoms in total. The average Bonchev–Trinajstić information content (AvgIpc) is 2.27. The number of nitrogens with zero attached hydrogens (tertiary/aromatic N) is 1. The number of aliphatic hydroxyl groups is 1. The quantitative estimate of drug-likeness (QED) is 0.805. The topological polar surface area (TPSA) is 81.3 Å². The summed E-state index contributed by atoms with van der Waals surface area (Å²) in [6, 6.07) is 7.03. The molecule has 0 saturated carbocycles. The third kappa shape index (κ3) is 2.81. The molecule has 1 aromatic carbocycles. The third-order valence-corrected chi connectivity index (χ3v) is 2.43. The van der Waals surface area contributed by atoms with E-state index in [9.17, 15) is 9.90 Å². The summed E-state index contributed by atoms with van der Waals surface area (Å²) in [4.78, 5) is 10.6. The Hall–Kier alpha value is -1.86. The number of carboxylic acids is 1. The van der Waals surface area contributed by atoms with Crippen molar-refractivity contribution >= 4 is 5.97 Å². The summed E-state index contributed by atoms with van der Waals surface area (Å²) >= 11 is 0. The van der Waals surface area contributed by atoms with Crippen LogP contribution >= 0.6 is 0 Å². The van der Waals surface area contributed by atoms with Gasteiger partial charge < -0.3 is 10.2 Å². The second-order valence-electron chi connectivity index (χ2n) is 3.58. The molecule has 0 radical (unpaired) electrons. The number of benzene rings is 1. The third-order valence-electron chi connectivity index (χ3n) is 2.43. The van der Waals surface area contributed by atoms with Crippen LogP contribution in [0.25, 0.3) is 0 Å². The SMILES string of the molecule is Cc1ccc(C(O)C(=O)O)cc1CCC#N. The number of rotatable bonds is 4. The van der Waals surface area contributed by atoms with Gasteiger partial charge in [-0.2, -0.15) is 5.26 Å². The Morgan fingerprint density at radius 3 is 2.81 bits per heavy atom. The Bertz CT molecular complexity index is 434. The molecule has 0 fully saturated rings. The summed E-state index contributed by atoms with van der Waals surface area (Å²) in [5.74, 6) is -1.27. The van der Waals surface area contributed by atoms with Crippen molar-refractivity contribution in [3.05, 3.63) is 34.9 Å². The molecular formula is C12H13NO3. The molecule has 1 atom stereocenters. The van der Waals surface area contributed by atoms with Crippen molar-refractivity contribution in [2.75, 3.05) is 0 Å². The molecule has 0 aliphatic carbocycles. The first-order valence-corrected chi connectivity index (χ1v) is 4.93. The Morgan fingerprint density at radius 1 is 1.56 bits per heavy atom. The Morgan fingerprint density at radius 2 is 2.25 bits per heavy atom. The van der Waals surface area contributed by atoms with Crippen molar-refractivity contribution in [3.8, 4) is 6.07 Å². The lowest BCUT2D eigenvalue weighted by Gasteiger charge is -2.10. The highest BCUT2D eigenvalue weighted by atomic mass is 16.4. The molecule has 0 aromatic heterocycles. The lowest BCUT2D eigenvalue weighted by Crippen LogP contribution is -2.11. The van der Waals surface area contributed by atoms with Crippen molar-refractivity contribution in [3.63, 3.8) is 0 Å². The largest absolute Gasteiger partial charge is 0.479 e. The van der Waals surface area contributed by atoms with Gasteiger partial charge in [0.05, 0.1) is 6.07 Å². The van der Waals surface area contributed by atoms with E-state index in [1.165, 1.54) is 0 Å². The van der Waals surface area contributed by atoms with Crippen molar-refractivity contribution in [2.45, 2.75) is 25.9 Å². The van der Waals surface area contributed by atoms with Crippen LogP contribution in [0.5, 0.6) is 0 Å². The molecule has 2 N–H and O–H groups in total. The Labute approximate surface area is 93.8 Å². The minimum absolute atomic E-state index is 0.353. The first-order valence-electron chi connectivity index (χ1n) is 4.93. The van der Waals surface area contributed by atoms with Gasteiger partial charge >= 0.3 is 5.97 Å². The normalized spacial score (nSPS) is 11.8. The van der Waals surface area contributed by atoms with Gasteiger partial charge in [-0.25, -0.2) is 4.79 Å². The minimum Gasteiger partial charge on any atom is -0.479 e. The van der Waals surface area contributed by atoms with Crippen LogP contribution in [-0.2, 0) is 11.2 Å². The molecule has 0 aliphatic rings. The number of nitriles is 1. The van der Waals surface area contributed by atoms with E-state index in [1.54, 1.807) is 18.2 Å². The van der Waals surface area contributed by atoms with Crippen molar-refractivity contribution in [1.29, 1.82) is 5.26 Å². The number of aliphatic carboxylic acids is 1. The van der Waals surface area contributed by atoms with Crippen LogP contribution in [0.1, 0.15) is 29.2 Å². The van der Waals surface area contributed by atoms with Gasteiger partial charge in [-0.15, -0.1) is 0 Å². The fraction of sp³-hybridized carbons (Fsp3) is 0.333. The van der Waals surface area contributed by atoms with Gasteiger partial charge in [-0.1, -0.05) is 18.2 Å². The van der Waals surface area contributed by atoms with Crippen LogP contribution in [0.15, 0.2) is 18.2 Å². The van der Waals surface area contributed by atoms with Crippen molar-refractivity contribution in [1.82, 2.24) is 0 Å². The fourth-order valence-electron chi connectivity index (χ4n) is 1.46. The van der Waals surface area contributed by atoms with Crippen LogP contribution in [0, 0.1) is 18.3 Å². The number of carbonyl (C=O) groups is 1. The van der Waals surface area contributed by atoms with Gasteiger partial charge in [-0.3, -0.25) is 0 Å². The van der Waals surface area contributed by atoms with Crippen LogP contribution in [-0.4, -0.2) is 16.2 Å². The molecule has 1 aromatic rings. The maximum absolute atomic E-state index is 10.6. The van der Waals surface area contributed by atoms with E-state index < -0.39 is 12.1 Å². The van der Waals surface area contributed by atoms with E-state index in [1.807, 2.05) is 13.0 Å². The van der Waals surface area contributed by atoms with Gasteiger partial charge in [0.2, 0.25) is 0 Å². The maximum Gasteiger partial charge on any atom is 0.337 e. The Kier molecular flexibility index (Phi) is 4.03. The summed E-state index contributed by atoms with van der Waals surface area (Å²) in [6.07, 6.45) is -0.544. The number of aliphatic hydroxyl groups excluding tert-OH is 1. The van der Waals surface area contributed by atoms with E-state index in [4.69, 9.17) is 10.4 Å². The zero-order valence-electron chi connectivity index (χ0n) is 8.97. The van der Waals surface area contributed by atoms with Crippen molar-refractivity contribution < 1.29 is 15.0 Å². The van der Waals surface area contributed by atoms with Gasteiger partial charge in [0.25, 0.3) is 0 Å². The first kappa shape index (κ1) is 12.2. The van der Waals surface area contributed by atoms with Crippen molar-refractivity contribution in [2.24, 2.45) is 0 Å². The lowest BCUT2D eigenvalue weighted by atomic mass is 9.99. The molecule has 4 heteroatoms. The van der Waals surface area contributed by atoms with Crippen LogP contribution in [0.4, 0.5) is 0 Å². The average molecular weight is 219 g/mol. The molecular weight excluding hydrogens is 206 g/mol. The summed E-state index contributed by atoms with van der Waals surface area (Å²) < 4.78 is 0. The standard InChI is InChI=1S/C12H13NO3/c1-8-4-5-10(11(14)12(15)16)7-9(8)3-2-6-13/h4-5,7,11,14H,2-3H2,1H3,(H,15,16). The summed E-state index contributed by atoms with van der Waals surface area (Å²) in [7, 11) is 0. The van der Waals surface area contributed by atoms with E-state index in [-0.39, 0.29) is 0 Å². The molecule has 0 aliphatic heterocycles. The minimum atomic E-state index is -1.50. The second kappa shape index (κ2) is 5.29. The maximum atomic E-state index is 10.6. The highest BCUT2D eigenvalue weighted by molar-refractivity contribution is 5.74. The van der Waals surface area contributed by atoms with Crippen LogP contribution < -0.4 is 0 Å². The van der Waals surface area contributed by atoms with E-state index in [0.29, 0.717) is 18.4 Å². The molecule has 0 bridgehead atoms. The predicted octanol–water partition coefficient (Wildman–Crippen LogP) is 1.57. The predicted molar refractivity (Wildman–Crippen MR) is 57.7 cm³/mol. The summed E-state index contributed by atoms with van der Waals surface area (Å²) in [6.45, 7) is 1.89. The van der Waals surface area contributed by atoms with E-state index in [0.717, 1.165) is 11.1 Å². The molecule has 0 saturated heterocycles. The van der Waals surface area contributed by atoms with Gasteiger partial charge in [0.15, 0.2) is 6.10 Å². The van der Waals surface area contributed by atoms with E-state index >= 15 is 0 Å².